The fourth-order valence-corrected chi connectivity index (χ4v) is 2.76. The SMILES string of the molecule is COc1cccc([C@H]2CCN(C(=O)OC(C)(C)C)C[C@H]2N)c1. The van der Waals surface area contributed by atoms with E-state index in [1.54, 1.807) is 12.0 Å². The van der Waals surface area contributed by atoms with E-state index in [4.69, 9.17) is 15.2 Å². The molecule has 2 atom stereocenters. The van der Waals surface area contributed by atoms with Crippen molar-refractivity contribution in [3.8, 4) is 5.75 Å². The summed E-state index contributed by atoms with van der Waals surface area (Å²) in [7, 11) is 1.66. The molecule has 0 radical (unpaired) electrons. The van der Waals surface area contributed by atoms with E-state index in [1.165, 1.54) is 0 Å². The van der Waals surface area contributed by atoms with Crippen LogP contribution in [-0.2, 0) is 4.74 Å². The van der Waals surface area contributed by atoms with E-state index in [-0.39, 0.29) is 18.1 Å². The highest BCUT2D eigenvalue weighted by Crippen LogP contribution is 2.30. The van der Waals surface area contributed by atoms with Gasteiger partial charge in [-0.05, 0) is 44.9 Å². The lowest BCUT2D eigenvalue weighted by Gasteiger charge is -2.37. The predicted molar refractivity (Wildman–Crippen MR) is 86.1 cm³/mol. The summed E-state index contributed by atoms with van der Waals surface area (Å²) in [4.78, 5) is 13.8. The molecule has 0 spiro atoms. The summed E-state index contributed by atoms with van der Waals surface area (Å²) >= 11 is 0. The Morgan fingerprint density at radius 1 is 1.36 bits per heavy atom. The van der Waals surface area contributed by atoms with Crippen molar-refractivity contribution in [1.29, 1.82) is 0 Å². The Hall–Kier alpha value is -1.75. The number of rotatable bonds is 2. The van der Waals surface area contributed by atoms with Gasteiger partial charge in [0.1, 0.15) is 11.4 Å². The van der Waals surface area contributed by atoms with Gasteiger partial charge >= 0.3 is 6.09 Å². The molecule has 1 amide bonds. The Morgan fingerprint density at radius 2 is 2.09 bits per heavy atom. The van der Waals surface area contributed by atoms with Crippen LogP contribution in [-0.4, -0.2) is 42.8 Å². The van der Waals surface area contributed by atoms with E-state index < -0.39 is 5.60 Å². The summed E-state index contributed by atoms with van der Waals surface area (Å²) in [5, 5.41) is 0. The fraction of sp³-hybridized carbons (Fsp3) is 0.588. The number of hydrogen-bond donors (Lipinski definition) is 1. The summed E-state index contributed by atoms with van der Waals surface area (Å²) in [5.41, 5.74) is 6.99. The van der Waals surface area contributed by atoms with Crippen molar-refractivity contribution in [3.63, 3.8) is 0 Å². The minimum absolute atomic E-state index is 0.103. The van der Waals surface area contributed by atoms with Crippen LogP contribution in [0.4, 0.5) is 4.79 Å². The smallest absolute Gasteiger partial charge is 0.410 e. The molecule has 0 bridgehead atoms. The van der Waals surface area contributed by atoms with Crippen LogP contribution < -0.4 is 10.5 Å². The molecule has 1 heterocycles. The van der Waals surface area contributed by atoms with Crippen LogP contribution in [0, 0.1) is 0 Å². The van der Waals surface area contributed by atoms with Crippen LogP contribution in [0.1, 0.15) is 38.7 Å². The molecule has 1 aliphatic heterocycles. The second-order valence-electron chi connectivity index (χ2n) is 6.76. The second-order valence-corrected chi connectivity index (χ2v) is 6.76. The monoisotopic (exact) mass is 306 g/mol. The van der Waals surface area contributed by atoms with Crippen molar-refractivity contribution in [3.05, 3.63) is 29.8 Å². The van der Waals surface area contributed by atoms with Gasteiger partial charge in [0.15, 0.2) is 0 Å². The summed E-state index contributed by atoms with van der Waals surface area (Å²) in [5.74, 6) is 1.06. The molecule has 0 saturated carbocycles. The zero-order valence-electron chi connectivity index (χ0n) is 13.8. The highest BCUT2D eigenvalue weighted by molar-refractivity contribution is 5.68. The van der Waals surface area contributed by atoms with Crippen LogP contribution >= 0.6 is 0 Å². The molecule has 2 rings (SSSR count). The number of piperidine rings is 1. The number of hydrogen-bond acceptors (Lipinski definition) is 4. The van der Waals surface area contributed by atoms with Crippen LogP contribution in [0.5, 0.6) is 5.75 Å². The maximum Gasteiger partial charge on any atom is 0.410 e. The van der Waals surface area contributed by atoms with Gasteiger partial charge in [-0.25, -0.2) is 4.79 Å². The predicted octanol–water partition coefficient (Wildman–Crippen LogP) is 2.75. The van der Waals surface area contributed by atoms with Gasteiger partial charge in [-0.1, -0.05) is 12.1 Å². The molecule has 122 valence electrons. The molecule has 1 aromatic carbocycles. The van der Waals surface area contributed by atoms with Gasteiger partial charge in [0, 0.05) is 25.0 Å². The molecular formula is C17H26N2O3. The van der Waals surface area contributed by atoms with Gasteiger partial charge in [-0.3, -0.25) is 0 Å². The summed E-state index contributed by atoms with van der Waals surface area (Å²) in [6.45, 7) is 6.77. The second kappa shape index (κ2) is 6.57. The number of likely N-dealkylation sites (tertiary alicyclic amines) is 1. The summed E-state index contributed by atoms with van der Waals surface area (Å²) in [6.07, 6.45) is 0.542. The molecule has 0 aromatic heterocycles. The van der Waals surface area contributed by atoms with Crippen molar-refractivity contribution in [2.75, 3.05) is 20.2 Å². The van der Waals surface area contributed by atoms with Crippen LogP contribution in [0.2, 0.25) is 0 Å². The van der Waals surface area contributed by atoms with E-state index >= 15 is 0 Å². The summed E-state index contributed by atoms with van der Waals surface area (Å²) < 4.78 is 10.7. The van der Waals surface area contributed by atoms with E-state index in [9.17, 15) is 4.79 Å². The Kier molecular flexibility index (Phi) is 4.96. The lowest BCUT2D eigenvalue weighted by Crippen LogP contribution is -2.50. The molecule has 1 aliphatic rings. The van der Waals surface area contributed by atoms with Crippen molar-refractivity contribution in [2.24, 2.45) is 5.73 Å². The standard InChI is InChI=1S/C17H26N2O3/c1-17(2,3)22-16(20)19-9-8-14(15(18)11-19)12-6-5-7-13(10-12)21-4/h5-7,10,14-15H,8-9,11,18H2,1-4H3/t14-,15-/m1/s1. The molecule has 0 unspecified atom stereocenters. The number of benzene rings is 1. The Bertz CT molecular complexity index is 525. The number of carbonyl (C=O) groups is 1. The van der Waals surface area contributed by atoms with Crippen molar-refractivity contribution in [2.45, 2.75) is 44.8 Å². The molecule has 0 aliphatic carbocycles. The van der Waals surface area contributed by atoms with Gasteiger partial charge < -0.3 is 20.1 Å². The van der Waals surface area contributed by atoms with Crippen molar-refractivity contribution < 1.29 is 14.3 Å². The van der Waals surface area contributed by atoms with Gasteiger partial charge in [0.05, 0.1) is 7.11 Å². The zero-order valence-corrected chi connectivity index (χ0v) is 13.8. The number of nitrogens with zero attached hydrogens (tertiary/aromatic N) is 1. The average Bonchev–Trinajstić information content (AvgIpc) is 2.45. The highest BCUT2D eigenvalue weighted by atomic mass is 16.6. The normalized spacial score (nSPS) is 22.3. The van der Waals surface area contributed by atoms with Crippen LogP contribution in [0.15, 0.2) is 24.3 Å². The van der Waals surface area contributed by atoms with Crippen LogP contribution in [0.3, 0.4) is 0 Å². The molecule has 1 fully saturated rings. The molecule has 1 saturated heterocycles. The first kappa shape index (κ1) is 16.6. The number of methoxy groups -OCH3 is 1. The topological polar surface area (TPSA) is 64.8 Å². The number of ether oxygens (including phenoxy) is 2. The summed E-state index contributed by atoms with van der Waals surface area (Å²) in [6, 6.07) is 7.88. The largest absolute Gasteiger partial charge is 0.497 e. The van der Waals surface area contributed by atoms with Gasteiger partial charge in [0.25, 0.3) is 0 Å². The molecule has 5 nitrogen and oxygen atoms in total. The minimum atomic E-state index is -0.481. The third kappa shape index (κ3) is 4.13. The number of nitrogens with two attached hydrogens (primary N) is 1. The zero-order chi connectivity index (χ0) is 16.3. The molecule has 5 heteroatoms. The lowest BCUT2D eigenvalue weighted by molar-refractivity contribution is 0.0186. The lowest BCUT2D eigenvalue weighted by atomic mass is 9.86. The van der Waals surface area contributed by atoms with E-state index in [0.717, 1.165) is 17.7 Å². The maximum atomic E-state index is 12.1. The van der Waals surface area contributed by atoms with Gasteiger partial charge in [-0.15, -0.1) is 0 Å². The first-order chi connectivity index (χ1) is 10.3. The number of carbonyl (C=O) groups excluding carboxylic acids is 1. The molecular weight excluding hydrogens is 280 g/mol. The first-order valence-electron chi connectivity index (χ1n) is 7.67. The van der Waals surface area contributed by atoms with Gasteiger partial charge in [0.2, 0.25) is 0 Å². The maximum absolute atomic E-state index is 12.1. The minimum Gasteiger partial charge on any atom is -0.497 e. The molecule has 22 heavy (non-hydrogen) atoms. The van der Waals surface area contributed by atoms with Crippen molar-refractivity contribution >= 4 is 6.09 Å². The highest BCUT2D eigenvalue weighted by Gasteiger charge is 2.32. The number of amides is 1. The Labute approximate surface area is 132 Å². The third-order valence-corrected chi connectivity index (χ3v) is 3.83. The van der Waals surface area contributed by atoms with E-state index in [0.29, 0.717) is 13.1 Å². The van der Waals surface area contributed by atoms with E-state index in [2.05, 4.69) is 6.07 Å². The van der Waals surface area contributed by atoms with Crippen LogP contribution in [0.25, 0.3) is 0 Å². The Balaban J connectivity index is 2.02. The quantitative estimate of drug-likeness (QED) is 0.912. The van der Waals surface area contributed by atoms with E-state index in [1.807, 2.05) is 39.0 Å². The van der Waals surface area contributed by atoms with Crippen molar-refractivity contribution in [1.82, 2.24) is 4.90 Å². The first-order valence-corrected chi connectivity index (χ1v) is 7.67. The fourth-order valence-electron chi connectivity index (χ4n) is 2.76. The molecule has 1 aromatic rings. The Morgan fingerprint density at radius 3 is 2.68 bits per heavy atom. The van der Waals surface area contributed by atoms with Gasteiger partial charge in [-0.2, -0.15) is 0 Å². The molecule has 2 N–H and O–H groups in total. The average molecular weight is 306 g/mol. The third-order valence-electron chi connectivity index (χ3n) is 3.83.